The summed E-state index contributed by atoms with van der Waals surface area (Å²) in [6.45, 7) is 11.6. The van der Waals surface area contributed by atoms with E-state index in [1.54, 1.807) is 0 Å². The number of nitrogens with one attached hydrogen (secondary N) is 1. The largest absolute Gasteiger partial charge is 0.518 e. The van der Waals surface area contributed by atoms with Gasteiger partial charge in [0.15, 0.2) is 0 Å². The summed E-state index contributed by atoms with van der Waals surface area (Å²) in [5, 5.41) is 3.29. The van der Waals surface area contributed by atoms with Crippen molar-refractivity contribution in [3.8, 4) is 0 Å². The summed E-state index contributed by atoms with van der Waals surface area (Å²) in [7, 11) is -2.68. The third kappa shape index (κ3) is 5.46. The minimum Gasteiger partial charge on any atom is -0.373 e. The van der Waals surface area contributed by atoms with E-state index in [0.717, 1.165) is 6.42 Å². The van der Waals surface area contributed by atoms with Crippen molar-refractivity contribution in [1.82, 2.24) is 5.32 Å². The van der Waals surface area contributed by atoms with E-state index in [0.29, 0.717) is 19.8 Å². The molecule has 0 aliphatic carbocycles. The normalized spacial score (nSPS) is 15.9. The van der Waals surface area contributed by atoms with Gasteiger partial charge in [-0.25, -0.2) is 0 Å². The highest BCUT2D eigenvalue weighted by Crippen LogP contribution is 2.18. The van der Waals surface area contributed by atoms with E-state index >= 15 is 0 Å². The van der Waals surface area contributed by atoms with Gasteiger partial charge in [0.1, 0.15) is 0 Å². The third-order valence-electron chi connectivity index (χ3n) is 2.34. The SMILES string of the molecule is CCO[Si](OCC)(OCC)C(CC)NC(C)N. The molecule has 6 heteroatoms. The summed E-state index contributed by atoms with van der Waals surface area (Å²) in [6.07, 6.45) is 0.765. The van der Waals surface area contributed by atoms with E-state index in [1.165, 1.54) is 0 Å². The lowest BCUT2D eigenvalue weighted by molar-refractivity contribution is 0.0561. The Morgan fingerprint density at radius 2 is 1.41 bits per heavy atom. The van der Waals surface area contributed by atoms with Crippen molar-refractivity contribution in [2.45, 2.75) is 52.9 Å². The average molecular weight is 264 g/mol. The fourth-order valence-corrected chi connectivity index (χ4v) is 4.85. The second kappa shape index (κ2) is 9.01. The zero-order valence-electron chi connectivity index (χ0n) is 11.8. The predicted octanol–water partition coefficient (Wildman–Crippen LogP) is 1.25. The Hall–Kier alpha value is 0.0169. The van der Waals surface area contributed by atoms with Gasteiger partial charge >= 0.3 is 8.80 Å². The van der Waals surface area contributed by atoms with Crippen LogP contribution in [-0.4, -0.2) is 40.5 Å². The lowest BCUT2D eigenvalue weighted by Crippen LogP contribution is -2.64. The lowest BCUT2D eigenvalue weighted by atomic mass is 10.4. The molecule has 17 heavy (non-hydrogen) atoms. The second-order valence-electron chi connectivity index (χ2n) is 3.82. The molecule has 0 aliphatic heterocycles. The molecular formula is C11H28N2O3Si. The van der Waals surface area contributed by atoms with E-state index in [4.69, 9.17) is 19.0 Å². The van der Waals surface area contributed by atoms with Crippen LogP contribution in [-0.2, 0) is 13.3 Å². The molecule has 2 unspecified atom stereocenters. The monoisotopic (exact) mass is 264 g/mol. The topological polar surface area (TPSA) is 65.7 Å². The van der Waals surface area contributed by atoms with E-state index in [-0.39, 0.29) is 11.8 Å². The van der Waals surface area contributed by atoms with Crippen LogP contribution in [0, 0.1) is 0 Å². The highest BCUT2D eigenvalue weighted by molar-refractivity contribution is 6.62. The van der Waals surface area contributed by atoms with E-state index in [9.17, 15) is 0 Å². The highest BCUT2D eigenvalue weighted by Gasteiger charge is 2.48. The maximum Gasteiger partial charge on any atom is 0.518 e. The molecule has 0 amide bonds. The molecule has 0 fully saturated rings. The Morgan fingerprint density at radius 1 is 1.00 bits per heavy atom. The van der Waals surface area contributed by atoms with Crippen LogP contribution in [0.1, 0.15) is 41.0 Å². The zero-order valence-corrected chi connectivity index (χ0v) is 12.8. The van der Waals surface area contributed by atoms with Crippen LogP contribution in [0.4, 0.5) is 0 Å². The quantitative estimate of drug-likeness (QED) is 0.459. The zero-order chi connectivity index (χ0) is 13.3. The molecule has 0 saturated carbocycles. The van der Waals surface area contributed by atoms with Crippen LogP contribution in [0.5, 0.6) is 0 Å². The van der Waals surface area contributed by atoms with Gasteiger partial charge in [-0.3, -0.25) is 5.32 Å². The van der Waals surface area contributed by atoms with Crippen molar-refractivity contribution in [1.29, 1.82) is 0 Å². The number of rotatable bonds is 10. The number of nitrogens with two attached hydrogens (primary N) is 1. The molecule has 0 saturated heterocycles. The first-order valence-corrected chi connectivity index (χ1v) is 8.29. The summed E-state index contributed by atoms with van der Waals surface area (Å²) in [5.74, 6) is 0. The van der Waals surface area contributed by atoms with Crippen LogP contribution in [0.15, 0.2) is 0 Å². The first-order chi connectivity index (χ1) is 8.06. The number of hydrogen-bond donors (Lipinski definition) is 2. The summed E-state index contributed by atoms with van der Waals surface area (Å²) in [5.41, 5.74) is 5.84. The predicted molar refractivity (Wildman–Crippen MR) is 71.5 cm³/mol. The molecule has 104 valence electrons. The van der Waals surface area contributed by atoms with E-state index < -0.39 is 8.80 Å². The molecule has 0 aromatic carbocycles. The molecular weight excluding hydrogens is 236 g/mol. The Labute approximate surface area is 106 Å². The summed E-state index contributed by atoms with van der Waals surface area (Å²) >= 11 is 0. The van der Waals surface area contributed by atoms with Crippen LogP contribution < -0.4 is 11.1 Å². The van der Waals surface area contributed by atoms with Crippen molar-refractivity contribution in [3.05, 3.63) is 0 Å². The standard InChI is InChI=1S/C11H28N2O3Si/c1-6-11(13-10(5)12)17(14-7-2,15-8-3)16-9-4/h10-11,13H,6-9,12H2,1-5H3. The summed E-state index contributed by atoms with van der Waals surface area (Å²) in [4.78, 5) is 0. The van der Waals surface area contributed by atoms with Crippen molar-refractivity contribution in [2.24, 2.45) is 5.73 Å². The molecule has 0 aromatic rings. The van der Waals surface area contributed by atoms with Crippen LogP contribution in [0.2, 0.25) is 0 Å². The summed E-state index contributed by atoms with van der Waals surface area (Å²) in [6, 6.07) is 0. The fraction of sp³-hybridized carbons (Fsp3) is 1.00. The van der Waals surface area contributed by atoms with Gasteiger partial charge in [-0.05, 0) is 34.1 Å². The molecule has 3 N–H and O–H groups in total. The fourth-order valence-electron chi connectivity index (χ4n) is 1.82. The van der Waals surface area contributed by atoms with Crippen LogP contribution in [0.25, 0.3) is 0 Å². The lowest BCUT2D eigenvalue weighted by Gasteiger charge is -2.36. The Kier molecular flexibility index (Phi) is 9.02. The first-order valence-electron chi connectivity index (χ1n) is 6.49. The molecule has 0 heterocycles. The minimum atomic E-state index is -2.68. The molecule has 0 rings (SSSR count). The summed E-state index contributed by atoms with van der Waals surface area (Å²) < 4.78 is 17.5. The minimum absolute atomic E-state index is 0.0438. The Balaban J connectivity index is 4.89. The van der Waals surface area contributed by atoms with Crippen molar-refractivity contribution < 1.29 is 13.3 Å². The van der Waals surface area contributed by atoms with Crippen molar-refractivity contribution >= 4 is 8.80 Å². The molecule has 5 nitrogen and oxygen atoms in total. The van der Waals surface area contributed by atoms with Gasteiger partial charge in [0, 0.05) is 19.8 Å². The van der Waals surface area contributed by atoms with E-state index in [2.05, 4.69) is 12.2 Å². The van der Waals surface area contributed by atoms with Gasteiger partial charge < -0.3 is 19.0 Å². The van der Waals surface area contributed by atoms with Crippen molar-refractivity contribution in [2.75, 3.05) is 19.8 Å². The van der Waals surface area contributed by atoms with Crippen molar-refractivity contribution in [3.63, 3.8) is 0 Å². The third-order valence-corrected chi connectivity index (χ3v) is 5.84. The van der Waals surface area contributed by atoms with E-state index in [1.807, 2.05) is 27.7 Å². The maximum atomic E-state index is 5.84. The molecule has 0 spiro atoms. The van der Waals surface area contributed by atoms with Gasteiger partial charge in [-0.1, -0.05) is 6.92 Å². The Bertz CT molecular complexity index is 177. The second-order valence-corrected chi connectivity index (χ2v) is 6.59. The Morgan fingerprint density at radius 3 is 1.65 bits per heavy atom. The van der Waals surface area contributed by atoms with Gasteiger partial charge in [-0.15, -0.1) is 0 Å². The average Bonchev–Trinajstić information content (AvgIpc) is 2.26. The number of hydrogen-bond acceptors (Lipinski definition) is 5. The van der Waals surface area contributed by atoms with Crippen LogP contribution >= 0.6 is 0 Å². The first kappa shape index (κ1) is 17.0. The van der Waals surface area contributed by atoms with Gasteiger partial charge in [-0.2, -0.15) is 0 Å². The molecule has 2 atom stereocenters. The maximum absolute atomic E-state index is 5.84. The van der Waals surface area contributed by atoms with Gasteiger partial charge in [0.25, 0.3) is 0 Å². The van der Waals surface area contributed by atoms with Gasteiger partial charge in [0.2, 0.25) is 0 Å². The smallest absolute Gasteiger partial charge is 0.373 e. The molecule has 0 radical (unpaired) electrons. The molecule has 0 bridgehead atoms. The highest BCUT2D eigenvalue weighted by atomic mass is 28.4. The van der Waals surface area contributed by atoms with Gasteiger partial charge in [0.05, 0.1) is 11.8 Å². The van der Waals surface area contributed by atoms with Crippen LogP contribution in [0.3, 0.4) is 0 Å². The molecule has 0 aromatic heterocycles. The molecule has 0 aliphatic rings.